The average molecular weight is 277 g/mol. The number of rotatable bonds is 4. The normalized spacial score (nSPS) is 26.1. The van der Waals surface area contributed by atoms with Crippen molar-refractivity contribution in [1.82, 2.24) is 4.31 Å². The van der Waals surface area contributed by atoms with E-state index in [2.05, 4.69) is 0 Å². The predicted molar refractivity (Wildman–Crippen MR) is 69.7 cm³/mol. The Bertz CT molecular complexity index is 410. The van der Waals surface area contributed by atoms with Gasteiger partial charge in [-0.05, 0) is 17.8 Å². The number of sulfonamides is 1. The minimum absolute atomic E-state index is 0.0825. The van der Waals surface area contributed by atoms with Crippen molar-refractivity contribution < 1.29 is 18.3 Å². The van der Waals surface area contributed by atoms with E-state index in [1.54, 1.807) is 0 Å². The summed E-state index contributed by atoms with van der Waals surface area (Å²) < 4.78 is 25.0. The summed E-state index contributed by atoms with van der Waals surface area (Å²) in [6, 6.07) is 0. The summed E-state index contributed by atoms with van der Waals surface area (Å²) in [5, 5.41) is 9.21. The fraction of sp³-hybridized carbons (Fsp3) is 0.917. The van der Waals surface area contributed by atoms with E-state index >= 15 is 0 Å². The van der Waals surface area contributed by atoms with Crippen molar-refractivity contribution >= 4 is 16.0 Å². The first kappa shape index (κ1) is 15.4. The Morgan fingerprint density at radius 3 is 2.33 bits per heavy atom. The molecule has 0 aromatic carbocycles. The first-order chi connectivity index (χ1) is 8.01. The maximum Gasteiger partial charge on any atom is 0.307 e. The number of carboxylic acids is 1. The third-order valence-electron chi connectivity index (χ3n) is 3.04. The summed E-state index contributed by atoms with van der Waals surface area (Å²) in [5.74, 6) is -1.33. The maximum atomic E-state index is 11.8. The number of hydrogen-bond donors (Lipinski definition) is 1. The molecule has 0 radical (unpaired) electrons. The van der Waals surface area contributed by atoms with Gasteiger partial charge in [0.05, 0.1) is 11.7 Å². The van der Waals surface area contributed by atoms with E-state index in [4.69, 9.17) is 0 Å². The van der Waals surface area contributed by atoms with Gasteiger partial charge in [0.1, 0.15) is 0 Å². The van der Waals surface area contributed by atoms with Crippen LogP contribution in [-0.2, 0) is 14.8 Å². The first-order valence-corrected chi connectivity index (χ1v) is 7.83. The van der Waals surface area contributed by atoms with Crippen molar-refractivity contribution in [3.8, 4) is 0 Å². The van der Waals surface area contributed by atoms with Gasteiger partial charge in [-0.1, -0.05) is 27.7 Å². The van der Waals surface area contributed by atoms with Crippen LogP contribution in [0.1, 0.15) is 34.1 Å². The predicted octanol–water partition coefficient (Wildman–Crippen LogP) is 1.40. The summed E-state index contributed by atoms with van der Waals surface area (Å²) in [5.41, 5.74) is -0.127. The van der Waals surface area contributed by atoms with Crippen molar-refractivity contribution in [2.75, 3.05) is 18.8 Å². The molecule has 0 saturated carbocycles. The zero-order chi connectivity index (χ0) is 14.1. The van der Waals surface area contributed by atoms with Crippen LogP contribution in [0, 0.1) is 17.3 Å². The summed E-state index contributed by atoms with van der Waals surface area (Å²) in [4.78, 5) is 11.2. The molecule has 0 amide bonds. The lowest BCUT2D eigenvalue weighted by molar-refractivity contribution is -0.143. The van der Waals surface area contributed by atoms with Crippen LogP contribution in [0.25, 0.3) is 0 Å². The third kappa shape index (κ3) is 4.24. The monoisotopic (exact) mass is 277 g/mol. The molecule has 0 spiro atoms. The smallest absolute Gasteiger partial charge is 0.307 e. The Kier molecular flexibility index (Phi) is 4.43. The van der Waals surface area contributed by atoms with Crippen LogP contribution >= 0.6 is 0 Å². The fourth-order valence-electron chi connectivity index (χ4n) is 2.38. The molecule has 1 N–H and O–H groups in total. The van der Waals surface area contributed by atoms with Gasteiger partial charge in [0.25, 0.3) is 0 Å². The van der Waals surface area contributed by atoms with Gasteiger partial charge in [-0.15, -0.1) is 0 Å². The molecule has 1 saturated heterocycles. The second kappa shape index (κ2) is 5.17. The van der Waals surface area contributed by atoms with Crippen LogP contribution in [0.2, 0.25) is 0 Å². The molecule has 1 rings (SSSR count). The molecule has 6 heteroatoms. The zero-order valence-corrected chi connectivity index (χ0v) is 12.3. The zero-order valence-electron chi connectivity index (χ0n) is 11.5. The molecule has 0 aromatic heterocycles. The Hall–Kier alpha value is -0.620. The highest BCUT2D eigenvalue weighted by Crippen LogP contribution is 2.28. The van der Waals surface area contributed by atoms with Gasteiger partial charge in [-0.25, -0.2) is 12.7 Å². The van der Waals surface area contributed by atoms with E-state index in [-0.39, 0.29) is 23.6 Å². The van der Waals surface area contributed by atoms with Gasteiger partial charge in [0.15, 0.2) is 0 Å². The van der Waals surface area contributed by atoms with Crippen LogP contribution in [0.3, 0.4) is 0 Å². The molecule has 1 aliphatic rings. The topological polar surface area (TPSA) is 74.7 Å². The number of aliphatic carboxylic acids is 1. The molecule has 18 heavy (non-hydrogen) atoms. The van der Waals surface area contributed by atoms with Crippen LogP contribution in [0.5, 0.6) is 0 Å². The first-order valence-electron chi connectivity index (χ1n) is 6.22. The minimum atomic E-state index is -3.25. The molecule has 0 bridgehead atoms. The number of carboxylic acid groups (broad SMARTS) is 1. The SMILES string of the molecule is CC1CN(CC(CC(C)(C)C)C(=O)O)S(=O)(=O)C1. The van der Waals surface area contributed by atoms with Crippen molar-refractivity contribution in [2.24, 2.45) is 17.3 Å². The van der Waals surface area contributed by atoms with E-state index in [9.17, 15) is 18.3 Å². The van der Waals surface area contributed by atoms with E-state index in [1.165, 1.54) is 4.31 Å². The summed E-state index contributed by atoms with van der Waals surface area (Å²) in [7, 11) is -3.25. The second-order valence-corrected chi connectivity index (χ2v) is 8.51. The molecule has 2 unspecified atom stereocenters. The summed E-state index contributed by atoms with van der Waals surface area (Å²) in [6.07, 6.45) is 0.475. The lowest BCUT2D eigenvalue weighted by Crippen LogP contribution is -2.36. The number of carbonyl (C=O) groups is 1. The molecular weight excluding hydrogens is 254 g/mol. The van der Waals surface area contributed by atoms with Crippen LogP contribution in [0.15, 0.2) is 0 Å². The second-order valence-electron chi connectivity index (χ2n) is 6.50. The number of hydrogen-bond acceptors (Lipinski definition) is 3. The van der Waals surface area contributed by atoms with Gasteiger partial charge in [0, 0.05) is 13.1 Å². The van der Waals surface area contributed by atoms with Gasteiger partial charge in [0.2, 0.25) is 10.0 Å². The van der Waals surface area contributed by atoms with Crippen molar-refractivity contribution in [3.05, 3.63) is 0 Å². The van der Waals surface area contributed by atoms with E-state index in [0.29, 0.717) is 13.0 Å². The van der Waals surface area contributed by atoms with Gasteiger partial charge < -0.3 is 5.11 Å². The highest BCUT2D eigenvalue weighted by Gasteiger charge is 2.37. The molecule has 2 atom stereocenters. The minimum Gasteiger partial charge on any atom is -0.481 e. The Labute approximate surface area is 109 Å². The Morgan fingerprint density at radius 2 is 2.00 bits per heavy atom. The van der Waals surface area contributed by atoms with Crippen LogP contribution < -0.4 is 0 Å². The summed E-state index contributed by atoms with van der Waals surface area (Å²) in [6.45, 7) is 8.30. The largest absolute Gasteiger partial charge is 0.481 e. The van der Waals surface area contributed by atoms with Crippen LogP contribution in [0.4, 0.5) is 0 Å². The fourth-order valence-corrected chi connectivity index (χ4v) is 4.31. The molecule has 106 valence electrons. The molecule has 0 aliphatic carbocycles. The summed E-state index contributed by atoms with van der Waals surface area (Å²) >= 11 is 0. The van der Waals surface area contributed by atoms with Crippen LogP contribution in [-0.4, -0.2) is 42.6 Å². The highest BCUT2D eigenvalue weighted by molar-refractivity contribution is 7.89. The van der Waals surface area contributed by atoms with E-state index in [1.807, 2.05) is 27.7 Å². The lowest BCUT2D eigenvalue weighted by Gasteiger charge is -2.26. The maximum absolute atomic E-state index is 11.8. The number of nitrogens with zero attached hydrogens (tertiary/aromatic N) is 1. The van der Waals surface area contributed by atoms with Gasteiger partial charge in [-0.3, -0.25) is 4.79 Å². The molecule has 0 aromatic rings. The van der Waals surface area contributed by atoms with Crippen molar-refractivity contribution in [1.29, 1.82) is 0 Å². The third-order valence-corrected chi connectivity index (χ3v) is 5.11. The van der Waals surface area contributed by atoms with E-state index in [0.717, 1.165) is 0 Å². The molecule has 5 nitrogen and oxygen atoms in total. The highest BCUT2D eigenvalue weighted by atomic mass is 32.2. The Balaban J connectivity index is 2.76. The molecule has 1 aliphatic heterocycles. The molecular formula is C12H23NO4S. The quantitative estimate of drug-likeness (QED) is 0.843. The van der Waals surface area contributed by atoms with Gasteiger partial charge in [-0.2, -0.15) is 0 Å². The van der Waals surface area contributed by atoms with Gasteiger partial charge >= 0.3 is 5.97 Å². The molecule has 1 heterocycles. The Morgan fingerprint density at radius 1 is 1.44 bits per heavy atom. The lowest BCUT2D eigenvalue weighted by atomic mass is 9.84. The van der Waals surface area contributed by atoms with Crippen molar-refractivity contribution in [2.45, 2.75) is 34.1 Å². The molecule has 1 fully saturated rings. The van der Waals surface area contributed by atoms with E-state index < -0.39 is 21.9 Å². The van der Waals surface area contributed by atoms with Crippen molar-refractivity contribution in [3.63, 3.8) is 0 Å². The average Bonchev–Trinajstić information content (AvgIpc) is 2.35. The standard InChI is InChI=1S/C12H23NO4S/c1-9-6-13(18(16,17)8-9)7-10(11(14)15)5-12(2,3)4/h9-10H,5-8H2,1-4H3,(H,14,15).